The fourth-order valence-electron chi connectivity index (χ4n) is 2.62. The minimum Gasteiger partial charge on any atom is -0.345 e. The van der Waals surface area contributed by atoms with Gasteiger partial charge in [-0.2, -0.15) is 4.98 Å². The highest BCUT2D eigenvalue weighted by Crippen LogP contribution is 2.19. The van der Waals surface area contributed by atoms with Gasteiger partial charge in [-0.15, -0.1) is 11.3 Å². The van der Waals surface area contributed by atoms with Gasteiger partial charge >= 0.3 is 0 Å². The zero-order chi connectivity index (χ0) is 18.5. The molecule has 26 heavy (non-hydrogen) atoms. The van der Waals surface area contributed by atoms with Gasteiger partial charge < -0.3 is 9.84 Å². The molecular formula is C18H19FN4O2S. The van der Waals surface area contributed by atoms with E-state index in [1.807, 2.05) is 17.5 Å². The average molecular weight is 374 g/mol. The largest absolute Gasteiger partial charge is 0.345 e. The Hall–Kier alpha value is -2.58. The number of hydrogen-bond acceptors (Lipinski definition) is 6. The van der Waals surface area contributed by atoms with Gasteiger partial charge in [0.25, 0.3) is 0 Å². The first-order valence-corrected chi connectivity index (χ1v) is 8.94. The molecule has 136 valence electrons. The Bertz CT molecular complexity index is 864. The number of hydrogen-bond donors (Lipinski definition) is 1. The molecule has 0 unspecified atom stereocenters. The van der Waals surface area contributed by atoms with Crippen LogP contribution in [0, 0.1) is 5.82 Å². The lowest BCUT2D eigenvalue weighted by Gasteiger charge is -2.23. The molecule has 1 N–H and O–H groups in total. The summed E-state index contributed by atoms with van der Waals surface area (Å²) in [6.45, 7) is 0.121. The molecule has 0 aliphatic carbocycles. The van der Waals surface area contributed by atoms with Crippen molar-refractivity contribution in [1.29, 1.82) is 0 Å². The first-order chi connectivity index (χ1) is 12.5. The van der Waals surface area contributed by atoms with Gasteiger partial charge in [-0.25, -0.2) is 4.39 Å². The fraction of sp³-hybridized carbons (Fsp3) is 0.278. The number of carbonyl (C=O) groups is 1. The van der Waals surface area contributed by atoms with Gasteiger partial charge in [-0.1, -0.05) is 23.4 Å². The molecule has 2 aromatic heterocycles. The zero-order valence-electron chi connectivity index (χ0n) is 14.5. The number of nitrogens with zero attached hydrogens (tertiary/aromatic N) is 3. The highest BCUT2D eigenvalue weighted by molar-refractivity contribution is 7.09. The van der Waals surface area contributed by atoms with Gasteiger partial charge in [0.15, 0.2) is 5.82 Å². The summed E-state index contributed by atoms with van der Waals surface area (Å²) < 4.78 is 18.7. The molecule has 0 bridgehead atoms. The third-order valence-electron chi connectivity index (χ3n) is 3.77. The Kier molecular flexibility index (Phi) is 5.75. The molecule has 0 spiro atoms. The van der Waals surface area contributed by atoms with Crippen LogP contribution in [0.25, 0.3) is 0 Å². The standard InChI is InChI=1S/C18H19FN4O2S/c1-23(2)17(12-5-3-6-13(19)9-12)18(24)20-11-16-21-15(22-25-16)10-14-7-4-8-26-14/h3-9,17H,10-11H2,1-2H3,(H,20,24)/t17-/m1/s1. The number of amides is 1. The van der Waals surface area contributed by atoms with Crippen molar-refractivity contribution in [2.45, 2.75) is 19.0 Å². The molecule has 8 heteroatoms. The van der Waals surface area contributed by atoms with Crippen LogP contribution in [0.3, 0.4) is 0 Å². The van der Waals surface area contributed by atoms with Crippen molar-refractivity contribution in [1.82, 2.24) is 20.4 Å². The summed E-state index contributed by atoms with van der Waals surface area (Å²) in [4.78, 5) is 19.7. The number of rotatable bonds is 7. The number of carbonyl (C=O) groups excluding carboxylic acids is 1. The van der Waals surface area contributed by atoms with Crippen LogP contribution < -0.4 is 5.32 Å². The quantitative estimate of drug-likeness (QED) is 0.689. The van der Waals surface area contributed by atoms with E-state index >= 15 is 0 Å². The average Bonchev–Trinajstić information content (AvgIpc) is 3.25. The molecule has 1 atom stereocenters. The third kappa shape index (κ3) is 4.53. The minimum atomic E-state index is -0.612. The van der Waals surface area contributed by atoms with E-state index < -0.39 is 6.04 Å². The summed E-state index contributed by atoms with van der Waals surface area (Å²) in [7, 11) is 3.53. The third-order valence-corrected chi connectivity index (χ3v) is 4.64. The fourth-order valence-corrected chi connectivity index (χ4v) is 3.32. The van der Waals surface area contributed by atoms with E-state index in [1.54, 1.807) is 42.5 Å². The van der Waals surface area contributed by atoms with Crippen LogP contribution in [0.4, 0.5) is 4.39 Å². The van der Waals surface area contributed by atoms with E-state index in [0.717, 1.165) is 4.88 Å². The van der Waals surface area contributed by atoms with Gasteiger partial charge in [0.1, 0.15) is 11.9 Å². The first kappa shape index (κ1) is 18.2. The van der Waals surface area contributed by atoms with Crippen LogP contribution in [0.1, 0.15) is 28.2 Å². The smallest absolute Gasteiger partial charge is 0.246 e. The van der Waals surface area contributed by atoms with E-state index in [-0.39, 0.29) is 18.3 Å². The van der Waals surface area contributed by atoms with Gasteiger partial charge in [0.05, 0.1) is 6.54 Å². The van der Waals surface area contributed by atoms with Crippen LogP contribution in [0.2, 0.25) is 0 Å². The summed E-state index contributed by atoms with van der Waals surface area (Å²) in [5.74, 6) is 0.267. The van der Waals surface area contributed by atoms with Gasteiger partial charge in [-0.05, 0) is 43.2 Å². The Morgan fingerprint density at radius 3 is 2.88 bits per heavy atom. The van der Waals surface area contributed by atoms with Crippen molar-refractivity contribution >= 4 is 17.2 Å². The first-order valence-electron chi connectivity index (χ1n) is 8.06. The molecule has 0 saturated carbocycles. The van der Waals surface area contributed by atoms with Crippen LogP contribution in [0.5, 0.6) is 0 Å². The van der Waals surface area contributed by atoms with Crippen molar-refractivity contribution in [3.8, 4) is 0 Å². The topological polar surface area (TPSA) is 71.3 Å². The number of thiophene rings is 1. The van der Waals surface area contributed by atoms with E-state index in [4.69, 9.17) is 4.52 Å². The summed E-state index contributed by atoms with van der Waals surface area (Å²) in [5.41, 5.74) is 0.580. The van der Waals surface area contributed by atoms with Crippen molar-refractivity contribution in [3.63, 3.8) is 0 Å². The Morgan fingerprint density at radius 1 is 1.35 bits per heavy atom. The lowest BCUT2D eigenvalue weighted by molar-refractivity contribution is -0.126. The molecule has 2 heterocycles. The number of nitrogens with one attached hydrogen (secondary N) is 1. The van der Waals surface area contributed by atoms with E-state index in [0.29, 0.717) is 23.7 Å². The molecule has 0 saturated heterocycles. The number of likely N-dealkylation sites (N-methyl/N-ethyl adjacent to an activating group) is 1. The van der Waals surface area contributed by atoms with Crippen LogP contribution in [0.15, 0.2) is 46.3 Å². The lowest BCUT2D eigenvalue weighted by Crippen LogP contribution is -2.36. The second-order valence-electron chi connectivity index (χ2n) is 6.00. The number of aromatic nitrogens is 2. The normalized spacial score (nSPS) is 12.3. The molecule has 6 nitrogen and oxygen atoms in total. The van der Waals surface area contributed by atoms with Crippen LogP contribution in [-0.2, 0) is 17.8 Å². The van der Waals surface area contributed by atoms with E-state index in [9.17, 15) is 9.18 Å². The maximum Gasteiger partial charge on any atom is 0.246 e. The summed E-state index contributed by atoms with van der Waals surface area (Å²) in [5, 5.41) is 8.69. The van der Waals surface area contributed by atoms with Crippen molar-refractivity contribution in [3.05, 3.63) is 69.8 Å². The zero-order valence-corrected chi connectivity index (χ0v) is 15.3. The molecule has 0 aliphatic rings. The Morgan fingerprint density at radius 2 is 2.19 bits per heavy atom. The highest BCUT2D eigenvalue weighted by atomic mass is 32.1. The van der Waals surface area contributed by atoms with Gasteiger partial charge in [0, 0.05) is 11.3 Å². The van der Waals surface area contributed by atoms with Crippen LogP contribution >= 0.6 is 11.3 Å². The van der Waals surface area contributed by atoms with E-state index in [2.05, 4.69) is 15.5 Å². The number of benzene rings is 1. The Labute approximate surface area is 154 Å². The lowest BCUT2D eigenvalue weighted by atomic mass is 10.1. The Balaban J connectivity index is 1.62. The second kappa shape index (κ2) is 8.20. The van der Waals surface area contributed by atoms with Crippen molar-refractivity contribution in [2.24, 2.45) is 0 Å². The molecule has 0 fully saturated rings. The van der Waals surface area contributed by atoms with Crippen LogP contribution in [-0.4, -0.2) is 35.0 Å². The summed E-state index contributed by atoms with van der Waals surface area (Å²) in [6, 6.07) is 9.37. The van der Waals surface area contributed by atoms with Gasteiger partial charge in [0.2, 0.25) is 11.8 Å². The predicted octanol–water partition coefficient (Wildman–Crippen LogP) is 2.78. The molecule has 1 aromatic carbocycles. The van der Waals surface area contributed by atoms with Crippen molar-refractivity contribution < 1.29 is 13.7 Å². The highest BCUT2D eigenvalue weighted by Gasteiger charge is 2.23. The summed E-state index contributed by atoms with van der Waals surface area (Å²) in [6.07, 6.45) is 0.596. The monoisotopic (exact) mass is 374 g/mol. The predicted molar refractivity (Wildman–Crippen MR) is 96.1 cm³/mol. The molecule has 0 aliphatic heterocycles. The molecule has 1 amide bonds. The molecule has 0 radical (unpaired) electrons. The molecule has 3 rings (SSSR count). The maximum atomic E-state index is 13.5. The summed E-state index contributed by atoms with van der Waals surface area (Å²) >= 11 is 1.62. The molecular weight excluding hydrogens is 355 g/mol. The van der Waals surface area contributed by atoms with Gasteiger partial charge in [-0.3, -0.25) is 9.69 Å². The number of halogens is 1. The minimum absolute atomic E-state index is 0.121. The molecule has 3 aromatic rings. The second-order valence-corrected chi connectivity index (χ2v) is 7.03. The maximum absolute atomic E-state index is 13.5. The van der Waals surface area contributed by atoms with Crippen molar-refractivity contribution in [2.75, 3.05) is 14.1 Å². The van der Waals surface area contributed by atoms with E-state index in [1.165, 1.54) is 12.1 Å². The SMILES string of the molecule is CN(C)[C@@H](C(=O)NCc1nc(Cc2cccs2)no1)c1cccc(F)c1.